The van der Waals surface area contributed by atoms with Crippen molar-refractivity contribution in [1.82, 2.24) is 0 Å². The predicted molar refractivity (Wildman–Crippen MR) is 133 cm³/mol. The van der Waals surface area contributed by atoms with Gasteiger partial charge in [0.2, 0.25) is 0 Å². The van der Waals surface area contributed by atoms with Crippen LogP contribution in [0, 0.1) is 0 Å². The van der Waals surface area contributed by atoms with Gasteiger partial charge in [0.05, 0.1) is 43.8 Å². The molecular formula is C26H28N2O7. The van der Waals surface area contributed by atoms with E-state index in [0.29, 0.717) is 10.8 Å². The fourth-order valence-corrected chi connectivity index (χ4v) is 3.53. The second kappa shape index (κ2) is 10.3. The van der Waals surface area contributed by atoms with Crippen LogP contribution in [0.3, 0.4) is 0 Å². The van der Waals surface area contributed by atoms with E-state index in [1.807, 2.05) is 6.07 Å². The summed E-state index contributed by atoms with van der Waals surface area (Å²) in [6, 6.07) is 13.6. The zero-order valence-electron chi connectivity index (χ0n) is 20.5. The van der Waals surface area contributed by atoms with Crippen LogP contribution in [-0.2, 0) is 9.47 Å². The van der Waals surface area contributed by atoms with Gasteiger partial charge >= 0.3 is 12.1 Å². The number of hydrogen-bond donors (Lipinski definition) is 2. The maximum atomic E-state index is 13.5. The van der Waals surface area contributed by atoms with Crippen LogP contribution in [0.2, 0.25) is 0 Å². The molecule has 184 valence electrons. The van der Waals surface area contributed by atoms with Gasteiger partial charge in [0.1, 0.15) is 11.4 Å². The molecule has 0 aliphatic heterocycles. The monoisotopic (exact) mass is 480 g/mol. The zero-order valence-corrected chi connectivity index (χ0v) is 20.5. The molecule has 0 aliphatic carbocycles. The van der Waals surface area contributed by atoms with Gasteiger partial charge in [-0.3, -0.25) is 10.1 Å². The summed E-state index contributed by atoms with van der Waals surface area (Å²) in [4.78, 5) is 38.4. The van der Waals surface area contributed by atoms with Crippen molar-refractivity contribution in [1.29, 1.82) is 0 Å². The van der Waals surface area contributed by atoms with E-state index in [0.717, 1.165) is 0 Å². The second-order valence-corrected chi connectivity index (χ2v) is 8.51. The Hall–Kier alpha value is -4.27. The molecule has 0 saturated carbocycles. The maximum absolute atomic E-state index is 13.5. The van der Waals surface area contributed by atoms with Crippen LogP contribution in [0.5, 0.6) is 11.5 Å². The predicted octanol–water partition coefficient (Wildman–Crippen LogP) is 5.24. The molecule has 0 aromatic heterocycles. The Balaban J connectivity index is 2.12. The van der Waals surface area contributed by atoms with Crippen molar-refractivity contribution in [2.24, 2.45) is 0 Å². The minimum atomic E-state index is -0.726. The largest absolute Gasteiger partial charge is 0.495 e. The van der Waals surface area contributed by atoms with Crippen LogP contribution in [0.4, 0.5) is 16.2 Å². The quantitative estimate of drug-likeness (QED) is 0.464. The number of carbonyl (C=O) groups excluding carboxylic acids is 3. The molecule has 0 fully saturated rings. The molecule has 3 rings (SSSR count). The smallest absolute Gasteiger partial charge is 0.412 e. The Morgan fingerprint density at radius 1 is 0.800 bits per heavy atom. The van der Waals surface area contributed by atoms with Crippen LogP contribution in [0.15, 0.2) is 48.5 Å². The lowest BCUT2D eigenvalue weighted by molar-refractivity contribution is 0.0599. The summed E-state index contributed by atoms with van der Waals surface area (Å²) >= 11 is 0. The van der Waals surface area contributed by atoms with Crippen molar-refractivity contribution in [2.45, 2.75) is 26.4 Å². The number of methoxy groups -OCH3 is 3. The molecule has 9 heteroatoms. The third-order valence-corrected chi connectivity index (χ3v) is 4.97. The fourth-order valence-electron chi connectivity index (χ4n) is 3.53. The topological polar surface area (TPSA) is 112 Å². The number of amides is 2. The lowest BCUT2D eigenvalue weighted by Crippen LogP contribution is -2.27. The highest BCUT2D eigenvalue weighted by Crippen LogP contribution is 2.38. The van der Waals surface area contributed by atoms with Crippen LogP contribution in [0.1, 0.15) is 41.5 Å². The first kappa shape index (κ1) is 25.4. The van der Waals surface area contributed by atoms with Gasteiger partial charge in [0.15, 0.2) is 5.75 Å². The van der Waals surface area contributed by atoms with Gasteiger partial charge in [-0.2, -0.15) is 0 Å². The van der Waals surface area contributed by atoms with Crippen molar-refractivity contribution in [3.8, 4) is 11.5 Å². The van der Waals surface area contributed by atoms with Gasteiger partial charge in [0, 0.05) is 5.39 Å². The lowest BCUT2D eigenvalue weighted by atomic mass is 10.0. The summed E-state index contributed by atoms with van der Waals surface area (Å²) in [5.41, 5.74) is -0.0658. The van der Waals surface area contributed by atoms with Gasteiger partial charge in [-0.05, 0) is 44.4 Å². The number of nitrogens with one attached hydrogen (secondary N) is 2. The molecule has 0 atom stereocenters. The first-order chi connectivity index (χ1) is 16.6. The minimum absolute atomic E-state index is 0.118. The van der Waals surface area contributed by atoms with E-state index in [4.69, 9.17) is 18.9 Å². The molecule has 0 radical (unpaired) electrons. The van der Waals surface area contributed by atoms with Crippen LogP contribution in [0.25, 0.3) is 10.8 Å². The second-order valence-electron chi connectivity index (χ2n) is 8.51. The van der Waals surface area contributed by atoms with Crippen molar-refractivity contribution in [2.75, 3.05) is 32.0 Å². The van der Waals surface area contributed by atoms with Gasteiger partial charge < -0.3 is 24.3 Å². The average Bonchev–Trinajstić information content (AvgIpc) is 2.82. The van der Waals surface area contributed by atoms with Crippen molar-refractivity contribution in [3.63, 3.8) is 0 Å². The van der Waals surface area contributed by atoms with Crippen molar-refractivity contribution in [3.05, 3.63) is 59.7 Å². The number of benzene rings is 3. The number of anilines is 2. The van der Waals surface area contributed by atoms with E-state index in [2.05, 4.69) is 10.6 Å². The van der Waals surface area contributed by atoms with Gasteiger partial charge in [-0.15, -0.1) is 0 Å². The summed E-state index contributed by atoms with van der Waals surface area (Å²) in [6.07, 6.45) is -0.698. The molecule has 0 bridgehead atoms. The molecule has 0 saturated heterocycles. The van der Waals surface area contributed by atoms with E-state index in [9.17, 15) is 14.4 Å². The Morgan fingerprint density at radius 3 is 2.14 bits per heavy atom. The van der Waals surface area contributed by atoms with Crippen LogP contribution < -0.4 is 20.1 Å². The van der Waals surface area contributed by atoms with Gasteiger partial charge in [-0.1, -0.05) is 30.3 Å². The molecule has 2 amide bonds. The Bertz CT molecular complexity index is 1280. The SMILES string of the molecule is COC(=O)c1cccc(OC)c1NC(=O)c1cc2ccccc2c(NC(=O)OC(C)(C)C)c1OC. The Morgan fingerprint density at radius 2 is 1.51 bits per heavy atom. The standard InChI is InChI=1S/C26H28N2O7/c1-26(2,3)35-25(31)28-21-16-11-8-7-10-15(16)14-18(22(21)33-5)23(29)27-20-17(24(30)34-6)12-9-13-19(20)32-4/h7-14H,1-6H3,(H,27,29)(H,28,31). The molecule has 0 unspecified atom stereocenters. The highest BCUT2D eigenvalue weighted by Gasteiger charge is 2.25. The summed E-state index contributed by atoms with van der Waals surface area (Å²) in [5.74, 6) is -0.832. The third-order valence-electron chi connectivity index (χ3n) is 4.97. The number of carbonyl (C=O) groups is 3. The van der Waals surface area contributed by atoms with Crippen LogP contribution in [-0.4, -0.2) is 44.9 Å². The van der Waals surface area contributed by atoms with Gasteiger partial charge in [-0.25, -0.2) is 9.59 Å². The van der Waals surface area contributed by atoms with E-state index in [1.165, 1.54) is 27.4 Å². The highest BCUT2D eigenvalue weighted by molar-refractivity contribution is 6.15. The van der Waals surface area contributed by atoms with Crippen molar-refractivity contribution < 1.29 is 33.3 Å². The molecule has 0 heterocycles. The molecule has 3 aromatic carbocycles. The number of para-hydroxylation sites is 1. The number of hydrogen-bond acceptors (Lipinski definition) is 7. The Kier molecular flexibility index (Phi) is 7.49. The molecule has 3 aromatic rings. The van der Waals surface area contributed by atoms with Crippen molar-refractivity contribution >= 4 is 40.1 Å². The summed E-state index contributed by atoms with van der Waals surface area (Å²) < 4.78 is 21.1. The number of fused-ring (bicyclic) bond motifs is 1. The molecule has 0 aliphatic rings. The average molecular weight is 481 g/mol. The first-order valence-electron chi connectivity index (χ1n) is 10.8. The van der Waals surface area contributed by atoms with Crippen LogP contribution >= 0.6 is 0 Å². The van der Waals surface area contributed by atoms with E-state index in [-0.39, 0.29) is 34.0 Å². The molecule has 35 heavy (non-hydrogen) atoms. The highest BCUT2D eigenvalue weighted by atomic mass is 16.6. The third kappa shape index (κ3) is 5.63. The number of esters is 1. The van der Waals surface area contributed by atoms with E-state index >= 15 is 0 Å². The molecular weight excluding hydrogens is 452 g/mol. The number of ether oxygens (including phenoxy) is 4. The normalized spacial score (nSPS) is 10.9. The lowest BCUT2D eigenvalue weighted by Gasteiger charge is -2.22. The molecule has 0 spiro atoms. The Labute approximate surface area is 203 Å². The minimum Gasteiger partial charge on any atom is -0.495 e. The summed E-state index contributed by atoms with van der Waals surface area (Å²) in [6.45, 7) is 5.24. The first-order valence-corrected chi connectivity index (χ1v) is 10.8. The molecule has 2 N–H and O–H groups in total. The zero-order chi connectivity index (χ0) is 25.8. The van der Waals surface area contributed by atoms with E-state index < -0.39 is 23.6 Å². The fraction of sp³-hybridized carbons (Fsp3) is 0.269. The van der Waals surface area contributed by atoms with Gasteiger partial charge in [0.25, 0.3) is 5.91 Å². The maximum Gasteiger partial charge on any atom is 0.412 e. The summed E-state index contributed by atoms with van der Waals surface area (Å²) in [7, 11) is 4.06. The number of rotatable bonds is 6. The summed E-state index contributed by atoms with van der Waals surface area (Å²) in [5, 5.41) is 6.78. The van der Waals surface area contributed by atoms with E-state index in [1.54, 1.807) is 57.2 Å². The molecule has 9 nitrogen and oxygen atoms in total.